The van der Waals surface area contributed by atoms with Crippen molar-refractivity contribution < 1.29 is 4.79 Å². The molecule has 2 N–H and O–H groups in total. The minimum Gasteiger partial charge on any atom is -0.354 e. The number of rotatable bonds is 5. The second kappa shape index (κ2) is 7.05. The first kappa shape index (κ1) is 17.0. The number of anilines is 1. The van der Waals surface area contributed by atoms with E-state index in [1.54, 1.807) is 13.3 Å². The molecule has 2 aromatic rings. The van der Waals surface area contributed by atoms with Crippen molar-refractivity contribution in [1.29, 1.82) is 0 Å². The van der Waals surface area contributed by atoms with Gasteiger partial charge in [-0.3, -0.25) is 9.89 Å². The van der Waals surface area contributed by atoms with E-state index in [1.807, 2.05) is 0 Å². The Morgan fingerprint density at radius 2 is 2.12 bits per heavy atom. The summed E-state index contributed by atoms with van der Waals surface area (Å²) in [6, 6.07) is 2.36. The molecule has 0 radical (unpaired) electrons. The van der Waals surface area contributed by atoms with Crippen molar-refractivity contribution in [3.8, 4) is 0 Å². The van der Waals surface area contributed by atoms with Crippen LogP contribution in [0.25, 0.3) is 0 Å². The van der Waals surface area contributed by atoms with Crippen LogP contribution in [-0.2, 0) is 24.2 Å². The van der Waals surface area contributed by atoms with E-state index in [9.17, 15) is 4.79 Å². The summed E-state index contributed by atoms with van der Waals surface area (Å²) < 4.78 is 0. The lowest BCUT2D eigenvalue weighted by atomic mass is 9.78. The van der Waals surface area contributed by atoms with E-state index < -0.39 is 0 Å². The summed E-state index contributed by atoms with van der Waals surface area (Å²) in [5, 5.41) is 10.7. The maximum Gasteiger partial charge on any atom is 0.217 e. The molecular weight excluding hydrogens is 328 g/mol. The number of hydrogen-bond acceptors (Lipinski definition) is 5. The molecule has 138 valence electrons. The Labute approximate surface area is 153 Å². The fourth-order valence-electron chi connectivity index (χ4n) is 4.04. The Balaban J connectivity index is 1.42. The third-order valence-corrected chi connectivity index (χ3v) is 5.56. The molecule has 1 amide bonds. The van der Waals surface area contributed by atoms with Crippen LogP contribution in [0, 0.1) is 0 Å². The van der Waals surface area contributed by atoms with E-state index in [4.69, 9.17) is 0 Å². The zero-order valence-electron chi connectivity index (χ0n) is 15.5. The lowest BCUT2D eigenvalue weighted by molar-refractivity contribution is -0.120. The van der Waals surface area contributed by atoms with Crippen molar-refractivity contribution >= 4 is 11.7 Å². The topological polar surface area (TPSA) is 86.8 Å². The second-order valence-corrected chi connectivity index (χ2v) is 7.56. The molecule has 0 unspecified atom stereocenters. The van der Waals surface area contributed by atoms with Crippen molar-refractivity contribution in [3.05, 3.63) is 35.0 Å². The van der Waals surface area contributed by atoms with Crippen LogP contribution in [0.15, 0.2) is 12.4 Å². The molecule has 0 atom stereocenters. The summed E-state index contributed by atoms with van der Waals surface area (Å²) in [6.45, 7) is 2.32. The lowest BCUT2D eigenvalue weighted by Crippen LogP contribution is -2.42. The lowest BCUT2D eigenvalue weighted by Gasteiger charge is -2.35. The van der Waals surface area contributed by atoms with Gasteiger partial charge in [-0.1, -0.05) is 0 Å². The van der Waals surface area contributed by atoms with E-state index in [1.165, 1.54) is 24.1 Å². The van der Waals surface area contributed by atoms with E-state index in [0.29, 0.717) is 5.92 Å². The zero-order chi connectivity index (χ0) is 18.1. The molecule has 2 aromatic heterocycles. The average molecular weight is 354 g/mol. The Kier molecular flexibility index (Phi) is 4.61. The molecule has 2 aliphatic carbocycles. The highest BCUT2D eigenvalue weighted by Crippen LogP contribution is 2.36. The molecule has 0 aliphatic heterocycles. The second-order valence-electron chi connectivity index (χ2n) is 7.56. The highest BCUT2D eigenvalue weighted by molar-refractivity contribution is 5.73. The van der Waals surface area contributed by atoms with Crippen LogP contribution in [0.5, 0.6) is 0 Å². The van der Waals surface area contributed by atoms with E-state index in [2.05, 4.69) is 43.5 Å². The smallest absolute Gasteiger partial charge is 0.217 e. The number of hydrogen-bond donors (Lipinski definition) is 2. The summed E-state index contributed by atoms with van der Waals surface area (Å²) in [4.78, 5) is 22.2. The number of nitrogens with zero attached hydrogens (tertiary/aromatic N) is 4. The Morgan fingerprint density at radius 1 is 1.31 bits per heavy atom. The quantitative estimate of drug-likeness (QED) is 0.859. The van der Waals surface area contributed by atoms with Gasteiger partial charge in [0.1, 0.15) is 12.1 Å². The molecule has 4 rings (SSSR count). The minimum absolute atomic E-state index is 0.0406. The summed E-state index contributed by atoms with van der Waals surface area (Å²) >= 11 is 0. The SMILES string of the molecule is CC(=O)NC1CC(c2cc(N(C)Cc3n[nH]c4c3CCCC4)ncn2)C1. The Morgan fingerprint density at radius 3 is 2.92 bits per heavy atom. The number of amides is 1. The van der Waals surface area contributed by atoms with Gasteiger partial charge in [-0.05, 0) is 44.1 Å². The standard InChI is InChI=1S/C19H26N6O/c1-12(26)22-14-7-13(8-14)17-9-19(21-11-20-17)25(2)10-18-15-5-3-4-6-16(15)23-24-18/h9,11,13-14H,3-8,10H2,1-2H3,(H,22,26)(H,23,24). The number of H-pyrrole nitrogens is 1. The third-order valence-electron chi connectivity index (χ3n) is 5.56. The fraction of sp³-hybridized carbons (Fsp3) is 0.579. The van der Waals surface area contributed by atoms with Gasteiger partial charge in [-0.25, -0.2) is 9.97 Å². The molecule has 0 saturated heterocycles. The van der Waals surface area contributed by atoms with Gasteiger partial charge in [-0.15, -0.1) is 0 Å². The van der Waals surface area contributed by atoms with Crippen LogP contribution < -0.4 is 10.2 Å². The molecule has 7 heteroatoms. The first-order valence-corrected chi connectivity index (χ1v) is 9.45. The molecule has 2 aliphatic rings. The van der Waals surface area contributed by atoms with Crippen LogP contribution in [0.3, 0.4) is 0 Å². The fourth-order valence-corrected chi connectivity index (χ4v) is 4.04. The van der Waals surface area contributed by atoms with Crippen LogP contribution >= 0.6 is 0 Å². The van der Waals surface area contributed by atoms with Crippen LogP contribution in [0.1, 0.15) is 61.2 Å². The highest BCUT2D eigenvalue weighted by atomic mass is 16.1. The van der Waals surface area contributed by atoms with Gasteiger partial charge in [0.25, 0.3) is 0 Å². The maximum atomic E-state index is 11.1. The number of nitrogens with one attached hydrogen (secondary N) is 2. The van der Waals surface area contributed by atoms with Gasteiger partial charge in [0.15, 0.2) is 0 Å². The van der Waals surface area contributed by atoms with Crippen LogP contribution in [-0.4, -0.2) is 39.2 Å². The number of aromatic amines is 1. The largest absolute Gasteiger partial charge is 0.354 e. The predicted molar refractivity (Wildman–Crippen MR) is 98.9 cm³/mol. The van der Waals surface area contributed by atoms with E-state index >= 15 is 0 Å². The van der Waals surface area contributed by atoms with Crippen molar-refractivity contribution in [2.24, 2.45) is 0 Å². The predicted octanol–water partition coefficient (Wildman–Crippen LogP) is 2.10. The zero-order valence-corrected chi connectivity index (χ0v) is 15.5. The normalized spacial score (nSPS) is 21.6. The van der Waals surface area contributed by atoms with E-state index in [0.717, 1.165) is 49.4 Å². The molecule has 2 heterocycles. The van der Waals surface area contributed by atoms with Gasteiger partial charge >= 0.3 is 0 Å². The van der Waals surface area contributed by atoms with Gasteiger partial charge in [-0.2, -0.15) is 5.10 Å². The number of aryl methyl sites for hydroxylation is 1. The van der Waals surface area contributed by atoms with Gasteiger partial charge in [0.2, 0.25) is 5.91 Å². The van der Waals surface area contributed by atoms with Crippen molar-refractivity contribution in [3.63, 3.8) is 0 Å². The average Bonchev–Trinajstić information content (AvgIpc) is 3.01. The van der Waals surface area contributed by atoms with Crippen molar-refractivity contribution in [2.75, 3.05) is 11.9 Å². The number of fused-ring (bicyclic) bond motifs is 1. The molecule has 0 aromatic carbocycles. The number of carbonyl (C=O) groups is 1. The van der Waals surface area contributed by atoms with Crippen LogP contribution in [0.4, 0.5) is 5.82 Å². The molecule has 7 nitrogen and oxygen atoms in total. The molecular formula is C19H26N6O. The van der Waals surface area contributed by atoms with Crippen LogP contribution in [0.2, 0.25) is 0 Å². The third kappa shape index (κ3) is 3.43. The molecule has 26 heavy (non-hydrogen) atoms. The molecule has 1 fully saturated rings. The maximum absolute atomic E-state index is 11.1. The van der Waals surface area contributed by atoms with E-state index in [-0.39, 0.29) is 11.9 Å². The number of carbonyl (C=O) groups excluding carboxylic acids is 1. The molecule has 1 saturated carbocycles. The molecule has 0 bridgehead atoms. The van der Waals surface area contributed by atoms with Gasteiger partial charge < -0.3 is 10.2 Å². The van der Waals surface area contributed by atoms with Gasteiger partial charge in [0, 0.05) is 43.4 Å². The Bertz CT molecular complexity index is 795. The first-order valence-electron chi connectivity index (χ1n) is 9.45. The monoisotopic (exact) mass is 354 g/mol. The molecule has 0 spiro atoms. The Hall–Kier alpha value is -2.44. The van der Waals surface area contributed by atoms with Gasteiger partial charge in [0.05, 0.1) is 12.2 Å². The van der Waals surface area contributed by atoms with Crippen molar-refractivity contribution in [2.45, 2.75) is 64.0 Å². The summed E-state index contributed by atoms with van der Waals surface area (Å²) in [7, 11) is 2.05. The summed E-state index contributed by atoms with van der Waals surface area (Å²) in [5.41, 5.74) is 4.90. The summed E-state index contributed by atoms with van der Waals surface area (Å²) in [5.74, 6) is 1.37. The van der Waals surface area contributed by atoms with Crippen molar-refractivity contribution in [1.82, 2.24) is 25.5 Å². The summed E-state index contributed by atoms with van der Waals surface area (Å²) in [6.07, 6.45) is 8.28. The first-order chi connectivity index (χ1) is 12.6. The minimum atomic E-state index is 0.0406. The number of aromatic nitrogens is 4. The highest BCUT2D eigenvalue weighted by Gasteiger charge is 2.32.